The number of pyridine rings is 1. The second kappa shape index (κ2) is 9.52. The number of amides is 2. The van der Waals surface area contributed by atoms with Crippen molar-refractivity contribution in [2.75, 3.05) is 39.1 Å². The minimum absolute atomic E-state index is 0.0292. The molecular formula is C16H23N3O3S. The summed E-state index contributed by atoms with van der Waals surface area (Å²) in [5.41, 5.74) is 0. The fraction of sp³-hybridized carbons (Fsp3) is 0.562. The Kier molecular flexibility index (Phi) is 7.35. The average molecular weight is 337 g/mol. The topological polar surface area (TPSA) is 71.5 Å². The predicted octanol–water partition coefficient (Wildman–Crippen LogP) is 1.17. The Morgan fingerprint density at radius 3 is 3.09 bits per heavy atom. The van der Waals surface area contributed by atoms with Crippen molar-refractivity contribution >= 4 is 23.6 Å². The Morgan fingerprint density at radius 1 is 1.48 bits per heavy atom. The van der Waals surface area contributed by atoms with Gasteiger partial charge in [-0.2, -0.15) is 0 Å². The van der Waals surface area contributed by atoms with E-state index >= 15 is 0 Å². The van der Waals surface area contributed by atoms with Gasteiger partial charge in [0.1, 0.15) is 6.61 Å². The minimum atomic E-state index is -0.121. The zero-order valence-corrected chi connectivity index (χ0v) is 14.2. The first-order chi connectivity index (χ1) is 11.2. The van der Waals surface area contributed by atoms with Crippen LogP contribution in [0.25, 0.3) is 0 Å². The van der Waals surface area contributed by atoms with Crippen LogP contribution in [0, 0.1) is 5.92 Å². The number of likely N-dealkylation sites (tertiary alicyclic amines) is 1. The molecule has 1 aromatic rings. The summed E-state index contributed by atoms with van der Waals surface area (Å²) in [5.74, 6) is 0.642. The molecule has 1 saturated heterocycles. The van der Waals surface area contributed by atoms with Crippen LogP contribution in [0.1, 0.15) is 12.8 Å². The van der Waals surface area contributed by atoms with Gasteiger partial charge < -0.3 is 15.0 Å². The van der Waals surface area contributed by atoms with E-state index in [-0.39, 0.29) is 24.3 Å². The molecule has 2 rings (SSSR count). The van der Waals surface area contributed by atoms with Crippen LogP contribution >= 0.6 is 11.8 Å². The number of nitrogens with one attached hydrogen (secondary N) is 1. The normalized spacial score (nSPS) is 17.8. The third kappa shape index (κ3) is 5.84. The molecule has 1 aromatic heterocycles. The van der Waals surface area contributed by atoms with Crippen molar-refractivity contribution in [3.05, 3.63) is 24.4 Å². The number of thioether (sulfide) groups is 1. The van der Waals surface area contributed by atoms with Crippen molar-refractivity contribution in [2.45, 2.75) is 17.9 Å². The summed E-state index contributed by atoms with van der Waals surface area (Å²) in [5, 5.41) is 3.91. The van der Waals surface area contributed by atoms with E-state index in [1.165, 1.54) is 7.11 Å². The fourth-order valence-electron chi connectivity index (χ4n) is 2.54. The Morgan fingerprint density at radius 2 is 2.35 bits per heavy atom. The Bertz CT molecular complexity index is 513. The molecule has 0 aromatic carbocycles. The summed E-state index contributed by atoms with van der Waals surface area (Å²) in [7, 11) is 1.51. The summed E-state index contributed by atoms with van der Waals surface area (Å²) < 4.78 is 4.87. The zero-order valence-electron chi connectivity index (χ0n) is 13.4. The molecule has 7 heteroatoms. The van der Waals surface area contributed by atoms with Crippen LogP contribution in [0.3, 0.4) is 0 Å². The monoisotopic (exact) mass is 337 g/mol. The second-order valence-corrected chi connectivity index (χ2v) is 6.53. The molecule has 6 nitrogen and oxygen atoms in total. The molecule has 1 N–H and O–H groups in total. The summed E-state index contributed by atoms with van der Waals surface area (Å²) >= 11 is 1.61. The van der Waals surface area contributed by atoms with Gasteiger partial charge in [0.15, 0.2) is 0 Å². The molecule has 0 saturated carbocycles. The molecule has 0 radical (unpaired) electrons. The Hall–Kier alpha value is -1.60. The van der Waals surface area contributed by atoms with Crippen LogP contribution < -0.4 is 5.32 Å². The molecule has 1 atom stereocenters. The molecule has 2 heterocycles. The summed E-state index contributed by atoms with van der Waals surface area (Å²) in [6.45, 7) is 1.88. The number of nitrogens with zero attached hydrogens (tertiary/aromatic N) is 2. The lowest BCUT2D eigenvalue weighted by Gasteiger charge is -2.31. The third-order valence-corrected chi connectivity index (χ3v) is 4.65. The molecule has 2 amide bonds. The van der Waals surface area contributed by atoms with Crippen molar-refractivity contribution in [3.8, 4) is 0 Å². The van der Waals surface area contributed by atoms with Gasteiger partial charge in [0.2, 0.25) is 11.8 Å². The SMILES string of the molecule is COCC(=O)N1CCC[C@H](C(=O)NCCSc2ccccn2)C1. The maximum atomic E-state index is 12.2. The van der Waals surface area contributed by atoms with Crippen LogP contribution in [0.5, 0.6) is 0 Å². The standard InChI is InChI=1S/C16H23N3O3S/c1-22-12-15(20)19-9-4-5-13(11-19)16(21)18-8-10-23-14-6-2-3-7-17-14/h2-3,6-7,13H,4-5,8-12H2,1H3,(H,18,21)/t13-/m0/s1. The number of piperidine rings is 1. The molecule has 126 valence electrons. The van der Waals surface area contributed by atoms with E-state index in [0.717, 1.165) is 23.6 Å². The van der Waals surface area contributed by atoms with Gasteiger partial charge in [-0.25, -0.2) is 4.98 Å². The second-order valence-electron chi connectivity index (χ2n) is 5.42. The highest BCUT2D eigenvalue weighted by atomic mass is 32.2. The van der Waals surface area contributed by atoms with Gasteiger partial charge in [0, 0.05) is 38.7 Å². The van der Waals surface area contributed by atoms with E-state index in [4.69, 9.17) is 4.74 Å². The highest BCUT2D eigenvalue weighted by Gasteiger charge is 2.27. The first-order valence-corrected chi connectivity index (χ1v) is 8.77. The van der Waals surface area contributed by atoms with Crippen LogP contribution in [0.15, 0.2) is 29.4 Å². The number of methoxy groups -OCH3 is 1. The van der Waals surface area contributed by atoms with Gasteiger partial charge in [0.25, 0.3) is 0 Å². The highest BCUT2D eigenvalue weighted by molar-refractivity contribution is 7.99. The van der Waals surface area contributed by atoms with E-state index in [1.54, 1.807) is 22.9 Å². The number of aromatic nitrogens is 1. The molecule has 0 aliphatic carbocycles. The Labute approximate surface area is 141 Å². The quantitative estimate of drug-likeness (QED) is 0.597. The van der Waals surface area contributed by atoms with Crippen molar-refractivity contribution in [3.63, 3.8) is 0 Å². The number of hydrogen-bond acceptors (Lipinski definition) is 5. The fourth-order valence-corrected chi connectivity index (χ4v) is 3.26. The first kappa shape index (κ1) is 17.7. The van der Waals surface area contributed by atoms with Gasteiger partial charge in [-0.15, -0.1) is 11.8 Å². The lowest BCUT2D eigenvalue weighted by atomic mass is 9.97. The van der Waals surface area contributed by atoms with E-state index in [0.29, 0.717) is 19.6 Å². The molecule has 0 bridgehead atoms. The van der Waals surface area contributed by atoms with Crippen molar-refractivity contribution in [1.29, 1.82) is 0 Å². The molecule has 0 unspecified atom stereocenters. The van der Waals surface area contributed by atoms with Gasteiger partial charge in [-0.1, -0.05) is 6.07 Å². The van der Waals surface area contributed by atoms with Crippen LogP contribution in [0.2, 0.25) is 0 Å². The molecule has 1 fully saturated rings. The van der Waals surface area contributed by atoms with Crippen LogP contribution in [-0.4, -0.2) is 60.8 Å². The minimum Gasteiger partial charge on any atom is -0.375 e. The lowest BCUT2D eigenvalue weighted by Crippen LogP contribution is -2.46. The molecule has 1 aliphatic rings. The van der Waals surface area contributed by atoms with E-state index in [9.17, 15) is 9.59 Å². The third-order valence-electron chi connectivity index (χ3n) is 3.70. The van der Waals surface area contributed by atoms with Crippen LogP contribution in [-0.2, 0) is 14.3 Å². The smallest absolute Gasteiger partial charge is 0.248 e. The number of rotatable bonds is 7. The van der Waals surface area contributed by atoms with Crippen molar-refractivity contribution in [2.24, 2.45) is 5.92 Å². The average Bonchev–Trinajstić information content (AvgIpc) is 2.60. The zero-order chi connectivity index (χ0) is 16.5. The number of carbonyl (C=O) groups excluding carboxylic acids is 2. The maximum absolute atomic E-state index is 12.2. The van der Waals surface area contributed by atoms with Crippen LogP contribution in [0.4, 0.5) is 0 Å². The first-order valence-electron chi connectivity index (χ1n) is 7.79. The van der Waals surface area contributed by atoms with Gasteiger partial charge >= 0.3 is 0 Å². The molecule has 23 heavy (non-hydrogen) atoms. The largest absolute Gasteiger partial charge is 0.375 e. The maximum Gasteiger partial charge on any atom is 0.248 e. The number of hydrogen-bond donors (Lipinski definition) is 1. The summed E-state index contributed by atoms with van der Waals surface area (Å²) in [6.07, 6.45) is 3.45. The van der Waals surface area contributed by atoms with E-state index in [1.807, 2.05) is 18.2 Å². The Balaban J connectivity index is 1.69. The van der Waals surface area contributed by atoms with E-state index in [2.05, 4.69) is 10.3 Å². The van der Waals surface area contributed by atoms with Crippen molar-refractivity contribution < 1.29 is 14.3 Å². The highest BCUT2D eigenvalue weighted by Crippen LogP contribution is 2.17. The van der Waals surface area contributed by atoms with Gasteiger partial charge in [0.05, 0.1) is 10.9 Å². The van der Waals surface area contributed by atoms with Gasteiger partial charge in [-0.3, -0.25) is 9.59 Å². The summed E-state index contributed by atoms with van der Waals surface area (Å²) in [6, 6.07) is 5.78. The number of ether oxygens (including phenoxy) is 1. The summed E-state index contributed by atoms with van der Waals surface area (Å²) in [4.78, 5) is 30.0. The van der Waals surface area contributed by atoms with E-state index < -0.39 is 0 Å². The lowest BCUT2D eigenvalue weighted by molar-refractivity contribution is -0.138. The molecule has 1 aliphatic heterocycles. The molecular weight excluding hydrogens is 314 g/mol. The molecule has 0 spiro atoms. The van der Waals surface area contributed by atoms with Crippen molar-refractivity contribution in [1.82, 2.24) is 15.2 Å². The van der Waals surface area contributed by atoms with Gasteiger partial charge in [-0.05, 0) is 25.0 Å². The number of carbonyl (C=O) groups is 2. The predicted molar refractivity (Wildman–Crippen MR) is 89.2 cm³/mol.